The van der Waals surface area contributed by atoms with Crippen LogP contribution in [-0.4, -0.2) is 12.5 Å². The summed E-state index contributed by atoms with van der Waals surface area (Å²) in [6.45, 7) is 4.37. The van der Waals surface area contributed by atoms with Crippen molar-refractivity contribution in [3.63, 3.8) is 0 Å². The first-order valence-electron chi connectivity index (χ1n) is 7.05. The van der Waals surface area contributed by atoms with Gasteiger partial charge in [0.2, 0.25) is 5.91 Å². The lowest BCUT2D eigenvalue weighted by Crippen LogP contribution is -2.22. The van der Waals surface area contributed by atoms with E-state index < -0.39 is 0 Å². The number of benzene rings is 2. The number of carbonyl (C=O) groups excluding carboxylic acids is 1. The highest BCUT2D eigenvalue weighted by molar-refractivity contribution is 6.39. The van der Waals surface area contributed by atoms with Crippen LogP contribution in [0.5, 0.6) is 0 Å². The molecule has 22 heavy (non-hydrogen) atoms. The summed E-state index contributed by atoms with van der Waals surface area (Å²) < 4.78 is 0. The van der Waals surface area contributed by atoms with Crippen LogP contribution in [0.25, 0.3) is 0 Å². The quantitative estimate of drug-likeness (QED) is 0.790. The molecule has 2 aromatic rings. The monoisotopic (exact) mass is 336 g/mol. The second kappa shape index (κ2) is 7.52. The van der Waals surface area contributed by atoms with Crippen LogP contribution in [-0.2, 0) is 4.79 Å². The molecule has 2 aromatic carbocycles. The minimum Gasteiger partial charge on any atom is -0.376 e. The van der Waals surface area contributed by atoms with E-state index in [0.29, 0.717) is 21.7 Å². The highest BCUT2D eigenvalue weighted by atomic mass is 35.5. The molecule has 0 aliphatic rings. The lowest BCUT2D eigenvalue weighted by Gasteiger charge is -2.15. The Morgan fingerprint density at radius 1 is 1.05 bits per heavy atom. The molecule has 0 atom stereocenters. The molecule has 2 rings (SSSR count). The van der Waals surface area contributed by atoms with Crippen LogP contribution in [0.1, 0.15) is 25.3 Å². The number of rotatable bonds is 5. The summed E-state index contributed by atoms with van der Waals surface area (Å²) in [4.78, 5) is 12.1. The molecule has 116 valence electrons. The zero-order valence-electron chi connectivity index (χ0n) is 12.5. The molecule has 2 N–H and O–H groups in total. The number of nitrogens with one attached hydrogen (secondary N) is 2. The van der Waals surface area contributed by atoms with Gasteiger partial charge < -0.3 is 10.6 Å². The van der Waals surface area contributed by atoms with Gasteiger partial charge in [-0.1, -0.05) is 61.3 Å². The SMILES string of the molecule is CC(C)c1ccccc1NCC(=O)Nc1c(Cl)cccc1Cl. The molecule has 0 aromatic heterocycles. The van der Waals surface area contributed by atoms with Gasteiger partial charge in [-0.25, -0.2) is 0 Å². The van der Waals surface area contributed by atoms with Gasteiger partial charge in [-0.3, -0.25) is 4.79 Å². The average Bonchev–Trinajstić information content (AvgIpc) is 2.49. The molecule has 5 heteroatoms. The number of hydrogen-bond acceptors (Lipinski definition) is 2. The lowest BCUT2D eigenvalue weighted by molar-refractivity contribution is -0.114. The number of para-hydroxylation sites is 2. The van der Waals surface area contributed by atoms with E-state index in [1.54, 1.807) is 18.2 Å². The predicted molar refractivity (Wildman–Crippen MR) is 94.1 cm³/mol. The topological polar surface area (TPSA) is 41.1 Å². The summed E-state index contributed by atoms with van der Waals surface area (Å²) in [5.74, 6) is 0.179. The van der Waals surface area contributed by atoms with Gasteiger partial charge in [0.1, 0.15) is 0 Å². The van der Waals surface area contributed by atoms with Gasteiger partial charge in [0.05, 0.1) is 22.3 Å². The van der Waals surface area contributed by atoms with Crippen molar-refractivity contribution in [2.24, 2.45) is 0 Å². The third-order valence-corrected chi connectivity index (χ3v) is 3.88. The van der Waals surface area contributed by atoms with E-state index in [1.807, 2.05) is 18.2 Å². The summed E-state index contributed by atoms with van der Waals surface area (Å²) in [6.07, 6.45) is 0. The van der Waals surface area contributed by atoms with Crippen LogP contribution in [0.15, 0.2) is 42.5 Å². The van der Waals surface area contributed by atoms with E-state index in [9.17, 15) is 4.79 Å². The smallest absolute Gasteiger partial charge is 0.243 e. The van der Waals surface area contributed by atoms with Crippen LogP contribution in [0.4, 0.5) is 11.4 Å². The predicted octanol–water partition coefficient (Wildman–Crippen LogP) is 5.17. The van der Waals surface area contributed by atoms with Crippen molar-refractivity contribution in [1.29, 1.82) is 0 Å². The van der Waals surface area contributed by atoms with Gasteiger partial charge in [-0.15, -0.1) is 0 Å². The Balaban J connectivity index is 2.02. The van der Waals surface area contributed by atoms with Gasteiger partial charge >= 0.3 is 0 Å². The molecule has 0 aliphatic carbocycles. The first kappa shape index (κ1) is 16.7. The first-order valence-corrected chi connectivity index (χ1v) is 7.81. The molecule has 0 aliphatic heterocycles. The van der Waals surface area contributed by atoms with E-state index >= 15 is 0 Å². The van der Waals surface area contributed by atoms with Gasteiger partial charge in [0.15, 0.2) is 0 Å². The third-order valence-electron chi connectivity index (χ3n) is 3.25. The number of anilines is 2. The van der Waals surface area contributed by atoms with Crippen molar-refractivity contribution >= 4 is 40.5 Å². The molecular weight excluding hydrogens is 319 g/mol. The van der Waals surface area contributed by atoms with Crippen molar-refractivity contribution in [2.45, 2.75) is 19.8 Å². The maximum absolute atomic E-state index is 12.1. The summed E-state index contributed by atoms with van der Waals surface area (Å²) in [5.41, 5.74) is 2.57. The Labute approximate surface area is 140 Å². The van der Waals surface area contributed by atoms with Crippen molar-refractivity contribution in [3.05, 3.63) is 58.1 Å². The highest BCUT2D eigenvalue weighted by Crippen LogP contribution is 2.29. The third kappa shape index (κ3) is 4.15. The molecule has 3 nitrogen and oxygen atoms in total. The number of hydrogen-bond donors (Lipinski definition) is 2. The van der Waals surface area contributed by atoms with E-state index in [1.165, 1.54) is 5.56 Å². The average molecular weight is 337 g/mol. The van der Waals surface area contributed by atoms with Crippen LogP contribution >= 0.6 is 23.2 Å². The van der Waals surface area contributed by atoms with Crippen molar-refractivity contribution in [2.75, 3.05) is 17.2 Å². The molecule has 0 spiro atoms. The summed E-state index contributed by atoms with van der Waals surface area (Å²) in [6, 6.07) is 13.1. The van der Waals surface area contributed by atoms with E-state index in [0.717, 1.165) is 5.69 Å². The molecular formula is C17H18Cl2N2O. The summed E-state index contributed by atoms with van der Waals surface area (Å²) >= 11 is 12.1. The van der Waals surface area contributed by atoms with E-state index in [-0.39, 0.29) is 12.5 Å². The molecule has 0 bridgehead atoms. The number of amides is 1. The molecule has 0 saturated heterocycles. The maximum atomic E-state index is 12.1. The Hall–Kier alpha value is -1.71. The zero-order chi connectivity index (χ0) is 16.1. The second-order valence-corrected chi connectivity index (χ2v) is 6.05. The molecule has 0 fully saturated rings. The second-order valence-electron chi connectivity index (χ2n) is 5.24. The number of carbonyl (C=O) groups is 1. The summed E-state index contributed by atoms with van der Waals surface area (Å²) in [7, 11) is 0. The molecule has 0 saturated carbocycles. The van der Waals surface area contributed by atoms with Gasteiger partial charge in [-0.2, -0.15) is 0 Å². The van der Waals surface area contributed by atoms with Crippen molar-refractivity contribution in [1.82, 2.24) is 0 Å². The van der Waals surface area contributed by atoms with Crippen LogP contribution in [0.2, 0.25) is 10.0 Å². The Bertz CT molecular complexity index is 651. The maximum Gasteiger partial charge on any atom is 0.243 e. The van der Waals surface area contributed by atoms with Crippen LogP contribution < -0.4 is 10.6 Å². The Morgan fingerprint density at radius 3 is 2.32 bits per heavy atom. The van der Waals surface area contributed by atoms with E-state index in [2.05, 4.69) is 30.5 Å². The molecule has 0 radical (unpaired) electrons. The Kier molecular flexibility index (Phi) is 5.69. The Morgan fingerprint density at radius 2 is 1.68 bits per heavy atom. The highest BCUT2D eigenvalue weighted by Gasteiger charge is 2.11. The lowest BCUT2D eigenvalue weighted by atomic mass is 10.0. The normalized spacial score (nSPS) is 10.6. The van der Waals surface area contributed by atoms with Crippen molar-refractivity contribution in [3.8, 4) is 0 Å². The standard InChI is InChI=1S/C17H18Cl2N2O/c1-11(2)12-6-3-4-9-15(12)20-10-16(22)21-17-13(18)7-5-8-14(17)19/h3-9,11,20H,10H2,1-2H3,(H,21,22). The molecule has 0 unspecified atom stereocenters. The fourth-order valence-electron chi connectivity index (χ4n) is 2.14. The van der Waals surface area contributed by atoms with Gasteiger partial charge in [-0.05, 0) is 29.7 Å². The van der Waals surface area contributed by atoms with Crippen molar-refractivity contribution < 1.29 is 4.79 Å². The van der Waals surface area contributed by atoms with Crippen LogP contribution in [0, 0.1) is 0 Å². The van der Waals surface area contributed by atoms with Crippen LogP contribution in [0.3, 0.4) is 0 Å². The zero-order valence-corrected chi connectivity index (χ0v) is 14.0. The fraction of sp³-hybridized carbons (Fsp3) is 0.235. The number of halogens is 2. The molecule has 0 heterocycles. The van der Waals surface area contributed by atoms with E-state index in [4.69, 9.17) is 23.2 Å². The minimum atomic E-state index is -0.200. The molecule has 1 amide bonds. The van der Waals surface area contributed by atoms with Gasteiger partial charge in [0.25, 0.3) is 0 Å². The first-order chi connectivity index (χ1) is 10.5. The van der Waals surface area contributed by atoms with Gasteiger partial charge in [0, 0.05) is 5.69 Å². The largest absolute Gasteiger partial charge is 0.376 e. The fourth-order valence-corrected chi connectivity index (χ4v) is 2.63. The minimum absolute atomic E-state index is 0.144. The summed E-state index contributed by atoms with van der Waals surface area (Å²) in [5, 5.41) is 6.73.